The van der Waals surface area contributed by atoms with Gasteiger partial charge in [0, 0.05) is 18.9 Å². The number of nitro benzene ring substituents is 1. The average molecular weight is 432 g/mol. The largest absolute Gasteiger partial charge is 0.426 e. The molecule has 0 unspecified atom stereocenters. The summed E-state index contributed by atoms with van der Waals surface area (Å²) in [6, 6.07) is 12.6. The smallest absolute Gasteiger partial charge is 0.344 e. The number of para-hydroxylation sites is 1. The van der Waals surface area contributed by atoms with Gasteiger partial charge in [-0.1, -0.05) is 61.5 Å². The number of ketones is 1. The SMILES string of the molecule is CC1(C)CC(=O)C(Sc2ccccc2[N+](=O)[O-])=C(OC(=O)c2ccccc2Cl)C1. The van der Waals surface area contributed by atoms with Crippen molar-refractivity contribution in [1.82, 2.24) is 0 Å². The van der Waals surface area contributed by atoms with Crippen LogP contribution < -0.4 is 0 Å². The number of benzene rings is 2. The first-order valence-electron chi connectivity index (χ1n) is 8.82. The molecule has 150 valence electrons. The van der Waals surface area contributed by atoms with Gasteiger partial charge in [0.05, 0.1) is 25.3 Å². The summed E-state index contributed by atoms with van der Waals surface area (Å²) < 4.78 is 5.59. The van der Waals surface area contributed by atoms with Crippen LogP contribution in [0.25, 0.3) is 0 Å². The summed E-state index contributed by atoms with van der Waals surface area (Å²) in [4.78, 5) is 36.8. The molecule has 2 aromatic rings. The van der Waals surface area contributed by atoms with Gasteiger partial charge in [0.15, 0.2) is 5.78 Å². The number of carbonyl (C=O) groups excluding carboxylic acids is 2. The lowest BCUT2D eigenvalue weighted by Crippen LogP contribution is -2.27. The van der Waals surface area contributed by atoms with E-state index in [4.69, 9.17) is 16.3 Å². The Kier molecular flexibility index (Phi) is 6.10. The molecule has 1 aliphatic rings. The maximum Gasteiger partial charge on any atom is 0.344 e. The second-order valence-electron chi connectivity index (χ2n) is 7.39. The molecule has 0 atom stereocenters. The maximum absolute atomic E-state index is 12.8. The molecule has 2 aromatic carbocycles. The highest BCUT2D eigenvalue weighted by molar-refractivity contribution is 8.04. The van der Waals surface area contributed by atoms with E-state index in [2.05, 4.69) is 0 Å². The minimum atomic E-state index is -0.670. The van der Waals surface area contributed by atoms with Gasteiger partial charge in [-0.05, 0) is 23.6 Å². The van der Waals surface area contributed by atoms with Crippen LogP contribution in [0.1, 0.15) is 37.0 Å². The molecule has 0 amide bonds. The third-order valence-electron chi connectivity index (χ3n) is 4.37. The quantitative estimate of drug-likeness (QED) is 0.338. The van der Waals surface area contributed by atoms with Crippen LogP contribution in [0, 0.1) is 15.5 Å². The van der Waals surface area contributed by atoms with Gasteiger partial charge in [-0.25, -0.2) is 4.79 Å². The zero-order valence-electron chi connectivity index (χ0n) is 15.8. The van der Waals surface area contributed by atoms with E-state index in [1.54, 1.807) is 36.4 Å². The zero-order valence-corrected chi connectivity index (χ0v) is 17.4. The number of hydrogen-bond donors (Lipinski definition) is 0. The first-order valence-corrected chi connectivity index (χ1v) is 10.0. The standard InChI is InChI=1S/C21H18ClNO5S/c1-21(2)11-16(24)19(29-18-10-6-5-9-15(18)23(26)27)17(12-21)28-20(25)13-7-3-4-8-14(13)22/h3-10H,11-12H2,1-2H3. The van der Waals surface area contributed by atoms with E-state index < -0.39 is 16.3 Å². The second kappa shape index (κ2) is 8.39. The average Bonchev–Trinajstić information content (AvgIpc) is 2.64. The molecule has 0 saturated heterocycles. The van der Waals surface area contributed by atoms with Crippen LogP contribution in [0.4, 0.5) is 5.69 Å². The fraction of sp³-hybridized carbons (Fsp3) is 0.238. The van der Waals surface area contributed by atoms with Crippen LogP contribution >= 0.6 is 23.4 Å². The van der Waals surface area contributed by atoms with Crippen molar-refractivity contribution < 1.29 is 19.2 Å². The molecule has 0 heterocycles. The van der Waals surface area contributed by atoms with E-state index in [0.717, 1.165) is 11.8 Å². The molecule has 0 bridgehead atoms. The Labute approximate surface area is 177 Å². The van der Waals surface area contributed by atoms with E-state index in [0.29, 0.717) is 11.3 Å². The fourth-order valence-corrected chi connectivity index (χ4v) is 4.28. The van der Waals surface area contributed by atoms with Gasteiger partial charge in [0.2, 0.25) is 0 Å². The molecule has 0 fully saturated rings. The monoisotopic (exact) mass is 431 g/mol. The summed E-state index contributed by atoms with van der Waals surface area (Å²) in [6.45, 7) is 3.81. The molecule has 0 aliphatic heterocycles. The van der Waals surface area contributed by atoms with Crippen LogP contribution in [-0.2, 0) is 9.53 Å². The van der Waals surface area contributed by atoms with Crippen LogP contribution in [0.2, 0.25) is 5.02 Å². The van der Waals surface area contributed by atoms with Crippen LogP contribution in [0.5, 0.6) is 0 Å². The van der Waals surface area contributed by atoms with Crippen molar-refractivity contribution >= 4 is 40.8 Å². The second-order valence-corrected chi connectivity index (χ2v) is 8.85. The van der Waals surface area contributed by atoms with Crippen molar-refractivity contribution in [3.05, 3.63) is 79.9 Å². The summed E-state index contributed by atoms with van der Waals surface area (Å²) >= 11 is 7.04. The van der Waals surface area contributed by atoms with Gasteiger partial charge in [-0.2, -0.15) is 0 Å². The highest BCUT2D eigenvalue weighted by atomic mass is 35.5. The van der Waals surface area contributed by atoms with Crippen molar-refractivity contribution in [2.75, 3.05) is 0 Å². The van der Waals surface area contributed by atoms with Gasteiger partial charge in [-0.15, -0.1) is 0 Å². The lowest BCUT2D eigenvalue weighted by Gasteiger charge is -2.31. The van der Waals surface area contributed by atoms with Gasteiger partial charge >= 0.3 is 5.97 Å². The molecular weight excluding hydrogens is 414 g/mol. The summed E-state index contributed by atoms with van der Waals surface area (Å²) in [5.74, 6) is -0.678. The molecule has 8 heteroatoms. The number of esters is 1. The van der Waals surface area contributed by atoms with Crippen LogP contribution in [-0.4, -0.2) is 16.7 Å². The predicted molar refractivity (Wildman–Crippen MR) is 111 cm³/mol. The lowest BCUT2D eigenvalue weighted by atomic mass is 9.79. The highest BCUT2D eigenvalue weighted by Crippen LogP contribution is 2.45. The van der Waals surface area contributed by atoms with E-state index in [1.807, 2.05) is 13.8 Å². The Morgan fingerprint density at radius 1 is 1.14 bits per heavy atom. The summed E-state index contributed by atoms with van der Waals surface area (Å²) in [7, 11) is 0. The molecular formula is C21H18ClNO5S. The Balaban J connectivity index is 2.00. The summed E-state index contributed by atoms with van der Waals surface area (Å²) in [5, 5.41) is 11.6. The lowest BCUT2D eigenvalue weighted by molar-refractivity contribution is -0.387. The Hall–Kier alpha value is -2.64. The van der Waals surface area contributed by atoms with Crippen LogP contribution in [0.15, 0.2) is 64.1 Å². The molecule has 0 radical (unpaired) electrons. The molecule has 0 aromatic heterocycles. The maximum atomic E-state index is 12.8. The van der Waals surface area contributed by atoms with Crippen molar-refractivity contribution in [2.24, 2.45) is 5.41 Å². The van der Waals surface area contributed by atoms with E-state index in [9.17, 15) is 19.7 Å². The first kappa shape index (κ1) is 21.1. The number of thioether (sulfide) groups is 1. The number of nitro groups is 1. The number of ether oxygens (including phenoxy) is 1. The van der Waals surface area contributed by atoms with Crippen molar-refractivity contribution in [2.45, 2.75) is 31.6 Å². The minimum Gasteiger partial charge on any atom is -0.426 e. The third-order valence-corrected chi connectivity index (χ3v) is 5.92. The van der Waals surface area contributed by atoms with Gasteiger partial charge < -0.3 is 4.74 Å². The van der Waals surface area contributed by atoms with Gasteiger partial charge in [0.25, 0.3) is 5.69 Å². The molecule has 6 nitrogen and oxygen atoms in total. The number of hydrogen-bond acceptors (Lipinski definition) is 6. The highest BCUT2D eigenvalue weighted by Gasteiger charge is 2.36. The van der Waals surface area contributed by atoms with E-state index >= 15 is 0 Å². The van der Waals surface area contributed by atoms with Crippen LogP contribution in [0.3, 0.4) is 0 Å². The number of rotatable bonds is 5. The minimum absolute atomic E-state index is 0.112. The molecule has 0 N–H and O–H groups in total. The Bertz CT molecular complexity index is 1030. The molecule has 3 rings (SSSR count). The Morgan fingerprint density at radius 2 is 1.79 bits per heavy atom. The first-order chi connectivity index (χ1) is 13.7. The fourth-order valence-electron chi connectivity index (χ4n) is 3.04. The predicted octanol–water partition coefficient (Wildman–Crippen LogP) is 5.80. The van der Waals surface area contributed by atoms with E-state index in [1.165, 1.54) is 12.1 Å². The molecule has 1 aliphatic carbocycles. The summed E-state index contributed by atoms with van der Waals surface area (Å²) in [5.41, 5.74) is -0.327. The zero-order chi connectivity index (χ0) is 21.2. The number of carbonyl (C=O) groups is 2. The number of Topliss-reactive ketones (excluding diaryl/α,β-unsaturated/α-hetero) is 1. The van der Waals surface area contributed by atoms with E-state index in [-0.39, 0.29) is 39.1 Å². The molecule has 0 spiro atoms. The van der Waals surface area contributed by atoms with Crippen molar-refractivity contribution in [3.63, 3.8) is 0 Å². The number of halogens is 1. The van der Waals surface area contributed by atoms with Crippen molar-refractivity contribution in [1.29, 1.82) is 0 Å². The normalized spacial score (nSPS) is 15.9. The number of allylic oxidation sites excluding steroid dienone is 2. The molecule has 29 heavy (non-hydrogen) atoms. The third kappa shape index (κ3) is 4.86. The van der Waals surface area contributed by atoms with Gasteiger partial charge in [0.1, 0.15) is 5.76 Å². The summed E-state index contributed by atoms with van der Waals surface area (Å²) in [6.07, 6.45) is 0.598. The van der Waals surface area contributed by atoms with Gasteiger partial charge in [-0.3, -0.25) is 14.9 Å². The molecule has 0 saturated carbocycles. The topological polar surface area (TPSA) is 86.5 Å². The number of nitrogens with zero attached hydrogens (tertiary/aromatic N) is 1. The van der Waals surface area contributed by atoms with Crippen molar-refractivity contribution in [3.8, 4) is 0 Å². The Morgan fingerprint density at radius 3 is 2.48 bits per heavy atom.